The number of carbonyl (C=O) groups is 3. The van der Waals surface area contributed by atoms with Gasteiger partial charge in [-0.05, 0) is 18.3 Å². The molecule has 3 fully saturated rings. The van der Waals surface area contributed by atoms with Crippen molar-refractivity contribution in [3.8, 4) is 0 Å². The summed E-state index contributed by atoms with van der Waals surface area (Å²) in [5, 5.41) is 2.11. The van der Waals surface area contributed by atoms with E-state index in [0.717, 1.165) is 16.4 Å². The first kappa shape index (κ1) is 11.6. The highest BCUT2D eigenvalue weighted by Crippen LogP contribution is 2.53. The van der Waals surface area contributed by atoms with Gasteiger partial charge in [-0.15, -0.1) is 0 Å². The molecule has 2 saturated heterocycles. The average Bonchev–Trinajstić information content (AvgIpc) is 3.10. The molecule has 4 aliphatic rings. The number of fused-ring (bicyclic) bond motifs is 5. The predicted octanol–water partition coefficient (Wildman–Crippen LogP) is 0.569. The first-order valence-corrected chi connectivity index (χ1v) is 7.54. The zero-order valence-electron chi connectivity index (χ0n) is 9.81. The van der Waals surface area contributed by atoms with Crippen LogP contribution in [0.3, 0.4) is 0 Å². The van der Waals surface area contributed by atoms with E-state index in [1.807, 2.05) is 12.2 Å². The summed E-state index contributed by atoms with van der Waals surface area (Å²) in [5.74, 6) is -0.874. The Morgan fingerprint density at radius 1 is 1.05 bits per heavy atom. The van der Waals surface area contributed by atoms with Crippen molar-refractivity contribution in [3.05, 3.63) is 12.2 Å². The Morgan fingerprint density at radius 2 is 1.63 bits per heavy atom. The van der Waals surface area contributed by atoms with Crippen LogP contribution in [0.1, 0.15) is 6.42 Å². The first-order chi connectivity index (χ1) is 9.09. The minimum atomic E-state index is -0.288. The predicted molar refractivity (Wildman–Crippen MR) is 71.5 cm³/mol. The number of hydrazine groups is 1. The summed E-state index contributed by atoms with van der Waals surface area (Å²) in [6.45, 7) is 0. The van der Waals surface area contributed by atoms with Gasteiger partial charge in [0.25, 0.3) is 17.7 Å². The highest BCUT2D eigenvalue weighted by atomic mass is 32.2. The molecule has 19 heavy (non-hydrogen) atoms. The Hall–Kier alpha value is -1.21. The number of imide groups is 1. The summed E-state index contributed by atoms with van der Waals surface area (Å²) in [5.41, 5.74) is 0. The Labute approximate surface area is 118 Å². The second kappa shape index (κ2) is 3.67. The van der Waals surface area contributed by atoms with E-state index >= 15 is 0 Å². The Bertz CT molecular complexity index is 527. The van der Waals surface area contributed by atoms with Gasteiger partial charge in [-0.1, -0.05) is 36.1 Å². The van der Waals surface area contributed by atoms with Gasteiger partial charge in [-0.25, -0.2) is 0 Å². The molecule has 1 saturated carbocycles. The summed E-state index contributed by atoms with van der Waals surface area (Å²) < 4.78 is 0.298. The topological polar surface area (TPSA) is 57.7 Å². The summed E-state index contributed by atoms with van der Waals surface area (Å²) in [6, 6.07) is 0. The van der Waals surface area contributed by atoms with E-state index in [1.54, 1.807) is 0 Å². The monoisotopic (exact) mass is 294 g/mol. The molecule has 7 heteroatoms. The number of thioether (sulfide) groups is 1. The number of thiocarbonyl (C=S) groups is 1. The molecule has 3 amide bonds. The van der Waals surface area contributed by atoms with Crippen LogP contribution in [0.15, 0.2) is 12.2 Å². The van der Waals surface area contributed by atoms with Gasteiger partial charge >= 0.3 is 0 Å². The molecule has 0 aromatic heterocycles. The lowest BCUT2D eigenvalue weighted by Crippen LogP contribution is -2.50. The van der Waals surface area contributed by atoms with Crippen LogP contribution in [0.4, 0.5) is 0 Å². The van der Waals surface area contributed by atoms with Crippen LogP contribution < -0.4 is 0 Å². The van der Waals surface area contributed by atoms with Gasteiger partial charge in [-0.2, -0.15) is 10.0 Å². The van der Waals surface area contributed by atoms with Crippen molar-refractivity contribution in [2.24, 2.45) is 23.7 Å². The molecule has 0 unspecified atom stereocenters. The number of allylic oxidation sites excluding steroid dienone is 2. The summed E-state index contributed by atoms with van der Waals surface area (Å²) in [6.07, 6.45) is 4.94. The third-order valence-electron chi connectivity index (χ3n) is 4.38. The fourth-order valence-electron chi connectivity index (χ4n) is 3.62. The van der Waals surface area contributed by atoms with E-state index in [4.69, 9.17) is 12.2 Å². The van der Waals surface area contributed by atoms with Crippen LogP contribution in [-0.2, 0) is 14.4 Å². The Kier molecular flexibility index (Phi) is 2.24. The maximum absolute atomic E-state index is 12.5. The number of hydrogen-bond donors (Lipinski definition) is 0. The summed E-state index contributed by atoms with van der Waals surface area (Å²) in [7, 11) is 0. The molecule has 2 bridgehead atoms. The van der Waals surface area contributed by atoms with Crippen molar-refractivity contribution in [1.82, 2.24) is 10.0 Å². The molecule has 0 aromatic carbocycles. The number of rotatable bonds is 1. The van der Waals surface area contributed by atoms with Gasteiger partial charge in [0.1, 0.15) is 0 Å². The van der Waals surface area contributed by atoms with Crippen LogP contribution in [0.5, 0.6) is 0 Å². The average molecular weight is 294 g/mol. The van der Waals surface area contributed by atoms with E-state index in [1.165, 1.54) is 11.8 Å². The molecule has 2 aliphatic carbocycles. The van der Waals surface area contributed by atoms with Gasteiger partial charge in [-0.3, -0.25) is 14.4 Å². The standard InChI is InChI=1S/C12H10N2O3S2/c15-7-4-19-12(18)13(7)14-10(16)8-5-1-2-6(3-5)9(8)11(14)17/h1-2,5-6,8-9H,3-4H2/t5-,6-,8-,9-/m1/s1. The van der Waals surface area contributed by atoms with E-state index in [0.29, 0.717) is 4.32 Å². The molecule has 0 spiro atoms. The minimum Gasteiger partial charge on any atom is -0.272 e. The highest BCUT2D eigenvalue weighted by Gasteiger charge is 2.61. The van der Waals surface area contributed by atoms with Crippen molar-refractivity contribution in [3.63, 3.8) is 0 Å². The molecule has 2 aliphatic heterocycles. The lowest BCUT2D eigenvalue weighted by Gasteiger charge is -2.25. The number of amides is 3. The molecule has 4 rings (SSSR count). The highest BCUT2D eigenvalue weighted by molar-refractivity contribution is 8.23. The molecule has 5 nitrogen and oxygen atoms in total. The first-order valence-electron chi connectivity index (χ1n) is 6.15. The molecule has 0 N–H and O–H groups in total. The molecule has 0 aromatic rings. The van der Waals surface area contributed by atoms with E-state index in [2.05, 4.69) is 0 Å². The molecule has 2 heterocycles. The lowest BCUT2D eigenvalue weighted by atomic mass is 9.85. The van der Waals surface area contributed by atoms with E-state index in [9.17, 15) is 14.4 Å². The smallest absolute Gasteiger partial charge is 0.258 e. The van der Waals surface area contributed by atoms with Crippen molar-refractivity contribution in [2.75, 3.05) is 5.75 Å². The van der Waals surface area contributed by atoms with Crippen LogP contribution in [0.25, 0.3) is 0 Å². The Balaban J connectivity index is 1.73. The van der Waals surface area contributed by atoms with Crippen molar-refractivity contribution >= 4 is 46.0 Å². The Morgan fingerprint density at radius 3 is 2.11 bits per heavy atom. The third-order valence-corrected chi connectivity index (χ3v) is 5.71. The van der Waals surface area contributed by atoms with Gasteiger partial charge in [0.2, 0.25) is 0 Å². The zero-order chi connectivity index (χ0) is 13.3. The number of hydrogen-bond acceptors (Lipinski definition) is 5. The normalized spacial score (nSPS) is 40.0. The molecule has 98 valence electrons. The van der Waals surface area contributed by atoms with Crippen LogP contribution in [0, 0.1) is 23.7 Å². The van der Waals surface area contributed by atoms with Crippen LogP contribution in [0.2, 0.25) is 0 Å². The van der Waals surface area contributed by atoms with Crippen molar-refractivity contribution < 1.29 is 14.4 Å². The van der Waals surface area contributed by atoms with Gasteiger partial charge < -0.3 is 0 Å². The van der Waals surface area contributed by atoms with Gasteiger partial charge in [0.05, 0.1) is 17.6 Å². The maximum atomic E-state index is 12.5. The zero-order valence-corrected chi connectivity index (χ0v) is 11.4. The lowest BCUT2D eigenvalue weighted by molar-refractivity contribution is -0.160. The molecular weight excluding hydrogens is 284 g/mol. The van der Waals surface area contributed by atoms with E-state index < -0.39 is 0 Å². The quantitative estimate of drug-likeness (QED) is 0.402. The minimum absolute atomic E-state index is 0.148. The van der Waals surface area contributed by atoms with E-state index in [-0.39, 0.29) is 47.1 Å². The molecule has 0 radical (unpaired) electrons. The fourth-order valence-corrected chi connectivity index (χ4v) is 4.66. The summed E-state index contributed by atoms with van der Waals surface area (Å²) >= 11 is 6.27. The number of nitrogens with zero attached hydrogens (tertiary/aromatic N) is 2. The SMILES string of the molecule is O=C1CSC(=S)N1N1C(=O)[C@H]2[C@H](C1=O)[C@@H]1C=C[C@@H]2C1. The second-order valence-corrected chi connectivity index (χ2v) is 6.86. The molecule has 4 atom stereocenters. The van der Waals surface area contributed by atoms with Gasteiger partial charge in [0.15, 0.2) is 4.32 Å². The van der Waals surface area contributed by atoms with Gasteiger partial charge in [0, 0.05) is 0 Å². The van der Waals surface area contributed by atoms with Crippen LogP contribution in [-0.4, -0.2) is 37.8 Å². The van der Waals surface area contributed by atoms with Crippen molar-refractivity contribution in [2.45, 2.75) is 6.42 Å². The maximum Gasteiger partial charge on any atom is 0.258 e. The van der Waals surface area contributed by atoms with Crippen LogP contribution >= 0.6 is 24.0 Å². The molecular formula is C12H10N2O3S2. The number of carbonyl (C=O) groups excluding carboxylic acids is 3. The second-order valence-electron chi connectivity index (χ2n) is 5.25. The largest absolute Gasteiger partial charge is 0.272 e. The fraction of sp³-hybridized carbons (Fsp3) is 0.500. The van der Waals surface area contributed by atoms with Crippen molar-refractivity contribution in [1.29, 1.82) is 0 Å². The third kappa shape index (κ3) is 1.32. The summed E-state index contributed by atoms with van der Waals surface area (Å²) in [4.78, 5) is 36.8.